The van der Waals surface area contributed by atoms with Crippen molar-refractivity contribution in [1.29, 1.82) is 0 Å². The number of carbonyl (C=O) groups is 1. The van der Waals surface area contributed by atoms with Gasteiger partial charge in [-0.05, 0) is 43.2 Å². The first-order valence-corrected chi connectivity index (χ1v) is 6.78. The van der Waals surface area contributed by atoms with Crippen LogP contribution in [0.2, 0.25) is 0 Å². The Kier molecular flexibility index (Phi) is 4.58. The number of aliphatic carboxylic acids is 1. The van der Waals surface area contributed by atoms with Gasteiger partial charge in [0.15, 0.2) is 0 Å². The third-order valence-corrected chi connectivity index (χ3v) is 3.54. The number of aryl methyl sites for hydroxylation is 1. The van der Waals surface area contributed by atoms with E-state index in [0.29, 0.717) is 5.56 Å². The SMILES string of the molecule is Cc1ccc(C(C)N(CC(=O)O)c2ccccc2)cc1F. The Morgan fingerprint density at radius 2 is 1.90 bits per heavy atom. The molecule has 110 valence electrons. The highest BCUT2D eigenvalue weighted by atomic mass is 19.1. The summed E-state index contributed by atoms with van der Waals surface area (Å²) in [4.78, 5) is 12.9. The van der Waals surface area contributed by atoms with Crippen LogP contribution in [0.3, 0.4) is 0 Å². The molecule has 0 spiro atoms. The Labute approximate surface area is 123 Å². The zero-order valence-corrected chi connectivity index (χ0v) is 12.1. The molecule has 21 heavy (non-hydrogen) atoms. The number of rotatable bonds is 5. The summed E-state index contributed by atoms with van der Waals surface area (Å²) < 4.78 is 13.7. The Bertz CT molecular complexity index is 628. The lowest BCUT2D eigenvalue weighted by Gasteiger charge is -2.30. The maximum Gasteiger partial charge on any atom is 0.323 e. The molecule has 4 heteroatoms. The fraction of sp³-hybridized carbons (Fsp3) is 0.235. The van der Waals surface area contributed by atoms with Crippen molar-refractivity contribution >= 4 is 11.7 Å². The molecule has 2 aromatic carbocycles. The van der Waals surface area contributed by atoms with Crippen molar-refractivity contribution in [2.45, 2.75) is 19.9 Å². The van der Waals surface area contributed by atoms with E-state index in [1.165, 1.54) is 6.07 Å². The Morgan fingerprint density at radius 3 is 2.48 bits per heavy atom. The first-order valence-electron chi connectivity index (χ1n) is 6.78. The maximum atomic E-state index is 13.7. The molecule has 0 bridgehead atoms. The fourth-order valence-corrected chi connectivity index (χ4v) is 2.27. The molecule has 0 fully saturated rings. The van der Waals surface area contributed by atoms with E-state index in [0.717, 1.165) is 11.3 Å². The normalized spacial score (nSPS) is 12.0. The molecule has 0 heterocycles. The quantitative estimate of drug-likeness (QED) is 0.909. The second-order valence-corrected chi connectivity index (χ2v) is 5.04. The van der Waals surface area contributed by atoms with Crippen LogP contribution in [0.15, 0.2) is 48.5 Å². The van der Waals surface area contributed by atoms with Crippen LogP contribution in [0.25, 0.3) is 0 Å². The molecule has 1 atom stereocenters. The van der Waals surface area contributed by atoms with Gasteiger partial charge < -0.3 is 10.0 Å². The smallest absolute Gasteiger partial charge is 0.323 e. The zero-order valence-electron chi connectivity index (χ0n) is 12.1. The second-order valence-electron chi connectivity index (χ2n) is 5.04. The van der Waals surface area contributed by atoms with Gasteiger partial charge in [0.25, 0.3) is 0 Å². The molecule has 0 radical (unpaired) electrons. The molecule has 1 N–H and O–H groups in total. The van der Waals surface area contributed by atoms with Crippen molar-refractivity contribution in [3.8, 4) is 0 Å². The number of hydrogen-bond donors (Lipinski definition) is 1. The summed E-state index contributed by atoms with van der Waals surface area (Å²) in [6.07, 6.45) is 0. The van der Waals surface area contributed by atoms with Gasteiger partial charge in [-0.3, -0.25) is 4.79 Å². The summed E-state index contributed by atoms with van der Waals surface area (Å²) in [7, 11) is 0. The predicted octanol–water partition coefficient (Wildman–Crippen LogP) is 3.79. The number of nitrogens with zero attached hydrogens (tertiary/aromatic N) is 1. The molecule has 0 aliphatic carbocycles. The first kappa shape index (κ1) is 15.0. The standard InChI is InChI=1S/C17H18FNO2/c1-12-8-9-14(10-16(12)18)13(2)19(11-17(20)21)15-6-4-3-5-7-15/h3-10,13H,11H2,1-2H3,(H,20,21). The summed E-state index contributed by atoms with van der Waals surface area (Å²) in [5.74, 6) is -1.19. The molecule has 2 aromatic rings. The Morgan fingerprint density at radius 1 is 1.24 bits per heavy atom. The van der Waals surface area contributed by atoms with Gasteiger partial charge in [-0.15, -0.1) is 0 Å². The summed E-state index contributed by atoms with van der Waals surface area (Å²) in [5, 5.41) is 9.12. The van der Waals surface area contributed by atoms with Crippen molar-refractivity contribution in [1.82, 2.24) is 0 Å². The van der Waals surface area contributed by atoms with E-state index >= 15 is 0 Å². The molecule has 0 saturated carbocycles. The van der Waals surface area contributed by atoms with E-state index in [9.17, 15) is 9.18 Å². The number of anilines is 1. The number of para-hydroxylation sites is 1. The van der Waals surface area contributed by atoms with E-state index in [1.807, 2.05) is 43.3 Å². The van der Waals surface area contributed by atoms with E-state index in [4.69, 9.17) is 5.11 Å². The van der Waals surface area contributed by atoms with Gasteiger partial charge in [-0.25, -0.2) is 4.39 Å². The van der Waals surface area contributed by atoms with Crippen LogP contribution in [0.1, 0.15) is 24.1 Å². The fourth-order valence-electron chi connectivity index (χ4n) is 2.27. The van der Waals surface area contributed by atoms with Gasteiger partial charge in [-0.2, -0.15) is 0 Å². The minimum atomic E-state index is -0.918. The average molecular weight is 287 g/mol. The lowest BCUT2D eigenvalue weighted by Crippen LogP contribution is -2.32. The number of carboxylic acids is 1. The van der Waals surface area contributed by atoms with E-state index in [1.54, 1.807) is 17.9 Å². The highest BCUT2D eigenvalue weighted by molar-refractivity contribution is 5.74. The van der Waals surface area contributed by atoms with E-state index in [2.05, 4.69) is 0 Å². The summed E-state index contributed by atoms with van der Waals surface area (Å²) >= 11 is 0. The van der Waals surface area contributed by atoms with Crippen molar-refractivity contribution in [3.63, 3.8) is 0 Å². The van der Waals surface area contributed by atoms with Crippen molar-refractivity contribution in [2.24, 2.45) is 0 Å². The van der Waals surface area contributed by atoms with Crippen LogP contribution < -0.4 is 4.90 Å². The van der Waals surface area contributed by atoms with Crippen LogP contribution >= 0.6 is 0 Å². The van der Waals surface area contributed by atoms with Crippen LogP contribution in [0.5, 0.6) is 0 Å². The largest absolute Gasteiger partial charge is 0.480 e. The molecule has 3 nitrogen and oxygen atoms in total. The first-order chi connectivity index (χ1) is 9.99. The molecule has 2 rings (SSSR count). The molecular formula is C17H18FNO2. The van der Waals surface area contributed by atoms with E-state index in [-0.39, 0.29) is 18.4 Å². The number of hydrogen-bond acceptors (Lipinski definition) is 2. The maximum absolute atomic E-state index is 13.7. The molecule has 0 aliphatic rings. The lowest BCUT2D eigenvalue weighted by atomic mass is 10.0. The van der Waals surface area contributed by atoms with Gasteiger partial charge >= 0.3 is 5.97 Å². The molecule has 0 aromatic heterocycles. The molecule has 1 unspecified atom stereocenters. The molecular weight excluding hydrogens is 269 g/mol. The van der Waals surface area contributed by atoms with Crippen molar-refractivity contribution < 1.29 is 14.3 Å². The molecule has 0 saturated heterocycles. The number of carboxylic acid groups (broad SMARTS) is 1. The minimum Gasteiger partial charge on any atom is -0.480 e. The van der Waals surface area contributed by atoms with Crippen LogP contribution in [0.4, 0.5) is 10.1 Å². The highest BCUT2D eigenvalue weighted by Crippen LogP contribution is 2.27. The lowest BCUT2D eigenvalue weighted by molar-refractivity contribution is -0.135. The molecule has 0 aliphatic heterocycles. The number of halogens is 1. The predicted molar refractivity (Wildman–Crippen MR) is 81.0 cm³/mol. The molecule has 0 amide bonds. The summed E-state index contributed by atoms with van der Waals surface area (Å²) in [6, 6.07) is 14.1. The third kappa shape index (κ3) is 3.60. The second kappa shape index (κ2) is 6.39. The summed E-state index contributed by atoms with van der Waals surface area (Å²) in [5.41, 5.74) is 2.13. The van der Waals surface area contributed by atoms with Crippen LogP contribution in [-0.4, -0.2) is 17.6 Å². The zero-order chi connectivity index (χ0) is 15.4. The average Bonchev–Trinajstić information content (AvgIpc) is 2.47. The Hall–Kier alpha value is -2.36. The van der Waals surface area contributed by atoms with Crippen LogP contribution in [0, 0.1) is 12.7 Å². The third-order valence-electron chi connectivity index (χ3n) is 3.54. The highest BCUT2D eigenvalue weighted by Gasteiger charge is 2.19. The monoisotopic (exact) mass is 287 g/mol. The van der Waals surface area contributed by atoms with Crippen molar-refractivity contribution in [3.05, 3.63) is 65.5 Å². The van der Waals surface area contributed by atoms with Crippen molar-refractivity contribution in [2.75, 3.05) is 11.4 Å². The van der Waals surface area contributed by atoms with Gasteiger partial charge in [0.1, 0.15) is 12.4 Å². The van der Waals surface area contributed by atoms with Gasteiger partial charge in [0.2, 0.25) is 0 Å². The summed E-state index contributed by atoms with van der Waals surface area (Å²) in [6.45, 7) is 3.44. The topological polar surface area (TPSA) is 40.5 Å². The van der Waals surface area contributed by atoms with Gasteiger partial charge in [-0.1, -0.05) is 30.3 Å². The van der Waals surface area contributed by atoms with E-state index < -0.39 is 5.97 Å². The van der Waals surface area contributed by atoms with Gasteiger partial charge in [0.05, 0.1) is 6.04 Å². The minimum absolute atomic E-state index is 0.138. The van der Waals surface area contributed by atoms with Crippen LogP contribution in [-0.2, 0) is 4.79 Å². The number of benzene rings is 2. The Balaban J connectivity index is 2.35. The van der Waals surface area contributed by atoms with Gasteiger partial charge in [0, 0.05) is 5.69 Å².